The Balaban J connectivity index is 1.95. The van der Waals surface area contributed by atoms with Crippen LogP contribution in [0, 0.1) is 11.8 Å². The first kappa shape index (κ1) is 29.1. The van der Waals surface area contributed by atoms with Crippen LogP contribution in [0.25, 0.3) is 0 Å². The zero-order valence-corrected chi connectivity index (χ0v) is 23.3. The minimum absolute atomic E-state index is 0.244. The molecule has 1 fully saturated rings. The molecule has 0 saturated carbocycles. The van der Waals surface area contributed by atoms with Gasteiger partial charge < -0.3 is 20.3 Å². The SMILES string of the molecule is CC#CC(=O)N1CCC(N(C=O)C(=N\C=C(/C)CC)/C(=C(\C)N)N(C)c2ccc(Oc3ccccc3)cc2)C1. The van der Waals surface area contributed by atoms with Crippen molar-refractivity contribution in [3.63, 3.8) is 0 Å². The van der Waals surface area contributed by atoms with Crippen molar-refractivity contribution in [1.82, 2.24) is 9.80 Å². The molecule has 39 heavy (non-hydrogen) atoms. The van der Waals surface area contributed by atoms with Crippen LogP contribution < -0.4 is 15.4 Å². The van der Waals surface area contributed by atoms with Crippen molar-refractivity contribution in [3.8, 4) is 23.3 Å². The van der Waals surface area contributed by atoms with Crippen LogP contribution in [0.1, 0.15) is 40.5 Å². The van der Waals surface area contributed by atoms with Crippen molar-refractivity contribution in [2.45, 2.75) is 46.6 Å². The van der Waals surface area contributed by atoms with Crippen LogP contribution in [0.2, 0.25) is 0 Å². The van der Waals surface area contributed by atoms with Crippen LogP contribution >= 0.6 is 0 Å². The van der Waals surface area contributed by atoms with Gasteiger partial charge in [0, 0.05) is 37.7 Å². The zero-order chi connectivity index (χ0) is 28.4. The number of likely N-dealkylation sites (tertiary alicyclic amines) is 1. The monoisotopic (exact) mass is 527 g/mol. The number of benzene rings is 2. The third-order valence-electron chi connectivity index (χ3n) is 6.52. The summed E-state index contributed by atoms with van der Waals surface area (Å²) in [5.41, 5.74) is 9.43. The number of aliphatic imine (C=N–C) groups is 1. The molecule has 1 atom stereocenters. The maximum Gasteiger partial charge on any atom is 0.298 e. The highest BCUT2D eigenvalue weighted by Gasteiger charge is 2.34. The Hall–Kier alpha value is -4.51. The summed E-state index contributed by atoms with van der Waals surface area (Å²) in [5, 5.41) is 0. The summed E-state index contributed by atoms with van der Waals surface area (Å²) >= 11 is 0. The number of carbonyl (C=O) groups is 2. The second-order valence-corrected chi connectivity index (χ2v) is 9.36. The van der Waals surface area contributed by atoms with Gasteiger partial charge in [-0.2, -0.15) is 0 Å². The van der Waals surface area contributed by atoms with Gasteiger partial charge in [-0.05, 0) is 75.9 Å². The largest absolute Gasteiger partial charge is 0.457 e. The van der Waals surface area contributed by atoms with E-state index in [9.17, 15) is 9.59 Å². The Labute approximate surface area is 231 Å². The summed E-state index contributed by atoms with van der Waals surface area (Å²) in [7, 11) is 1.88. The van der Waals surface area contributed by atoms with Crippen molar-refractivity contribution >= 4 is 23.8 Å². The average Bonchev–Trinajstić information content (AvgIpc) is 3.42. The van der Waals surface area contributed by atoms with Gasteiger partial charge in [-0.3, -0.25) is 14.5 Å². The molecule has 8 heteroatoms. The molecule has 0 bridgehead atoms. The molecule has 204 valence electrons. The Morgan fingerprint density at radius 2 is 1.82 bits per heavy atom. The molecule has 1 saturated heterocycles. The number of rotatable bonds is 9. The normalized spacial score (nSPS) is 16.1. The topological polar surface area (TPSA) is 91.5 Å². The fourth-order valence-electron chi connectivity index (χ4n) is 4.24. The van der Waals surface area contributed by atoms with E-state index in [0.29, 0.717) is 42.5 Å². The molecule has 1 aliphatic rings. The molecule has 8 nitrogen and oxygen atoms in total. The second-order valence-electron chi connectivity index (χ2n) is 9.36. The van der Waals surface area contributed by atoms with Gasteiger partial charge in [0.05, 0.1) is 6.04 Å². The molecular formula is C31H37N5O3. The van der Waals surface area contributed by atoms with Gasteiger partial charge in [0.15, 0.2) is 5.84 Å². The number of nitrogens with two attached hydrogens (primary N) is 1. The average molecular weight is 528 g/mol. The van der Waals surface area contributed by atoms with Crippen LogP contribution in [0.3, 0.4) is 0 Å². The third kappa shape index (κ3) is 7.51. The number of carbonyl (C=O) groups excluding carboxylic acids is 2. The van der Waals surface area contributed by atoms with Crippen molar-refractivity contribution in [2.24, 2.45) is 10.7 Å². The first-order valence-corrected chi connectivity index (χ1v) is 13.0. The quantitative estimate of drug-likeness (QED) is 0.217. The summed E-state index contributed by atoms with van der Waals surface area (Å²) in [4.78, 5) is 34.8. The van der Waals surface area contributed by atoms with Crippen LogP contribution in [0.15, 0.2) is 82.8 Å². The number of anilines is 1. The molecule has 3 rings (SSSR count). The maximum atomic E-state index is 12.5. The molecule has 1 unspecified atom stereocenters. The molecule has 0 aromatic heterocycles. The van der Waals surface area contributed by atoms with Gasteiger partial charge in [0.1, 0.15) is 17.2 Å². The fraction of sp³-hybridized carbons (Fsp3) is 0.323. The van der Waals surface area contributed by atoms with Gasteiger partial charge in [-0.15, -0.1) is 0 Å². The summed E-state index contributed by atoms with van der Waals surface area (Å²) in [6.07, 6.45) is 3.96. The summed E-state index contributed by atoms with van der Waals surface area (Å²) in [6.45, 7) is 8.33. The minimum Gasteiger partial charge on any atom is -0.457 e. The summed E-state index contributed by atoms with van der Waals surface area (Å²) in [5.74, 6) is 6.86. The van der Waals surface area contributed by atoms with E-state index in [-0.39, 0.29) is 11.9 Å². The van der Waals surface area contributed by atoms with Gasteiger partial charge in [0.2, 0.25) is 6.41 Å². The Kier molecular flexibility index (Phi) is 10.3. The number of para-hydroxylation sites is 1. The number of nitrogens with zero attached hydrogens (tertiary/aromatic N) is 4. The molecule has 2 aromatic rings. The van der Waals surface area contributed by atoms with Gasteiger partial charge >= 0.3 is 0 Å². The van der Waals surface area contributed by atoms with Gasteiger partial charge in [0.25, 0.3) is 5.91 Å². The Bertz CT molecular complexity index is 1300. The lowest BCUT2D eigenvalue weighted by atomic mass is 10.1. The van der Waals surface area contributed by atoms with Crippen LogP contribution in [-0.2, 0) is 9.59 Å². The van der Waals surface area contributed by atoms with Gasteiger partial charge in [-0.1, -0.05) is 36.6 Å². The Morgan fingerprint density at radius 1 is 1.15 bits per heavy atom. The highest BCUT2D eigenvalue weighted by atomic mass is 16.5. The molecular weight excluding hydrogens is 490 g/mol. The predicted molar refractivity (Wildman–Crippen MR) is 156 cm³/mol. The van der Waals surface area contributed by atoms with Gasteiger partial charge in [-0.25, -0.2) is 4.99 Å². The third-order valence-corrected chi connectivity index (χ3v) is 6.52. The number of hydrogen-bond acceptors (Lipinski definition) is 6. The number of hydrogen-bond donors (Lipinski definition) is 1. The van der Waals surface area contributed by atoms with E-state index in [2.05, 4.69) is 11.8 Å². The lowest BCUT2D eigenvalue weighted by Gasteiger charge is -2.32. The highest BCUT2D eigenvalue weighted by Crippen LogP contribution is 2.28. The molecule has 2 N–H and O–H groups in total. The first-order chi connectivity index (χ1) is 18.8. The van der Waals surface area contributed by atoms with E-state index < -0.39 is 0 Å². The van der Waals surface area contributed by atoms with Crippen LogP contribution in [0.5, 0.6) is 11.5 Å². The number of ether oxygens (including phenoxy) is 1. The van der Waals surface area contributed by atoms with Crippen molar-refractivity contribution in [1.29, 1.82) is 0 Å². The summed E-state index contributed by atoms with van der Waals surface area (Å²) in [6, 6.07) is 16.9. The first-order valence-electron chi connectivity index (χ1n) is 13.0. The van der Waals surface area contributed by atoms with Crippen molar-refractivity contribution in [3.05, 3.63) is 77.8 Å². The molecule has 1 heterocycles. The molecule has 0 spiro atoms. The number of likely N-dealkylation sites (N-methyl/N-ethyl adjacent to an activating group) is 1. The van der Waals surface area contributed by atoms with E-state index in [1.807, 2.05) is 80.4 Å². The van der Waals surface area contributed by atoms with E-state index >= 15 is 0 Å². The molecule has 2 amide bonds. The van der Waals surface area contributed by atoms with E-state index in [0.717, 1.165) is 29.8 Å². The van der Waals surface area contributed by atoms with Crippen LogP contribution in [0.4, 0.5) is 5.69 Å². The second kappa shape index (κ2) is 13.9. The standard InChI is InChI=1S/C31H37N5O3/c1-6-11-29(38)35-19-18-26(21-35)36(22-37)31(33-20-23(3)7-2)30(24(4)32)34(5)25-14-16-28(17-15-25)39-27-12-9-8-10-13-27/h8-10,12-17,20,22,26H,7,18-19,21,32H2,1-5H3/b23-20+,30-24-,33-31-. The zero-order valence-electron chi connectivity index (χ0n) is 23.3. The molecule has 0 radical (unpaired) electrons. The fourth-order valence-corrected chi connectivity index (χ4v) is 4.24. The van der Waals surface area contributed by atoms with E-state index in [1.54, 1.807) is 29.8 Å². The lowest BCUT2D eigenvalue weighted by molar-refractivity contribution is -0.124. The summed E-state index contributed by atoms with van der Waals surface area (Å²) < 4.78 is 5.93. The smallest absolute Gasteiger partial charge is 0.298 e. The number of amides is 2. The predicted octanol–water partition coefficient (Wildman–Crippen LogP) is 4.90. The number of allylic oxidation sites excluding steroid dienone is 2. The lowest BCUT2D eigenvalue weighted by Crippen LogP contribution is -2.45. The van der Waals surface area contributed by atoms with Crippen molar-refractivity contribution < 1.29 is 14.3 Å². The van der Waals surface area contributed by atoms with Crippen molar-refractivity contribution in [2.75, 3.05) is 25.0 Å². The maximum absolute atomic E-state index is 12.5. The molecule has 1 aliphatic heterocycles. The molecule has 0 aliphatic carbocycles. The number of amidine groups is 1. The van der Waals surface area contributed by atoms with E-state index in [1.165, 1.54) is 0 Å². The van der Waals surface area contributed by atoms with E-state index in [4.69, 9.17) is 15.5 Å². The highest BCUT2D eigenvalue weighted by molar-refractivity contribution is 6.07. The Morgan fingerprint density at radius 3 is 2.41 bits per heavy atom. The minimum atomic E-state index is -0.261. The van der Waals surface area contributed by atoms with Crippen LogP contribution in [-0.4, -0.2) is 54.1 Å². The molecule has 2 aromatic carbocycles.